The van der Waals surface area contributed by atoms with Crippen LogP contribution in [0.4, 0.5) is 5.82 Å². The largest absolute Gasteiger partial charge is 0.368 e. The SMILES string of the molecule is Cc1cc2c(Cl)ccc(Cl)c2n1CCNc1ccncn1. The molecule has 2 heterocycles. The fraction of sp³-hybridized carbons (Fsp3) is 0.200. The predicted octanol–water partition coefficient (Wildman–Crippen LogP) is 4.16. The lowest BCUT2D eigenvalue weighted by Crippen LogP contribution is -2.12. The molecule has 0 aliphatic heterocycles. The van der Waals surface area contributed by atoms with Crippen molar-refractivity contribution in [2.24, 2.45) is 0 Å². The van der Waals surface area contributed by atoms with Gasteiger partial charge in [-0.05, 0) is 31.2 Å². The van der Waals surface area contributed by atoms with Crippen molar-refractivity contribution in [2.75, 3.05) is 11.9 Å². The number of aromatic nitrogens is 3. The Balaban J connectivity index is 1.84. The maximum Gasteiger partial charge on any atom is 0.129 e. The normalized spacial score (nSPS) is 11.0. The number of nitrogens with zero attached hydrogens (tertiary/aromatic N) is 3. The van der Waals surface area contributed by atoms with E-state index in [1.807, 2.05) is 18.2 Å². The third-order valence-electron chi connectivity index (χ3n) is 3.39. The van der Waals surface area contributed by atoms with Crippen LogP contribution in [0.25, 0.3) is 10.9 Å². The molecule has 6 heteroatoms. The van der Waals surface area contributed by atoms with E-state index in [0.717, 1.165) is 40.5 Å². The molecule has 0 spiro atoms. The van der Waals surface area contributed by atoms with Crippen LogP contribution < -0.4 is 5.32 Å². The van der Waals surface area contributed by atoms with Crippen LogP contribution in [0.1, 0.15) is 5.69 Å². The molecule has 1 N–H and O–H groups in total. The molecule has 0 saturated heterocycles. The molecule has 0 aliphatic carbocycles. The maximum atomic E-state index is 6.32. The fourth-order valence-corrected chi connectivity index (χ4v) is 2.88. The Kier molecular flexibility index (Phi) is 3.99. The van der Waals surface area contributed by atoms with E-state index in [0.29, 0.717) is 5.02 Å². The van der Waals surface area contributed by atoms with E-state index in [9.17, 15) is 0 Å². The van der Waals surface area contributed by atoms with E-state index in [2.05, 4.69) is 32.8 Å². The van der Waals surface area contributed by atoms with Gasteiger partial charge < -0.3 is 9.88 Å². The maximum absolute atomic E-state index is 6.32. The summed E-state index contributed by atoms with van der Waals surface area (Å²) in [6.45, 7) is 3.57. The van der Waals surface area contributed by atoms with Crippen molar-refractivity contribution in [2.45, 2.75) is 13.5 Å². The summed E-state index contributed by atoms with van der Waals surface area (Å²) < 4.78 is 2.16. The number of nitrogens with one attached hydrogen (secondary N) is 1. The third kappa shape index (κ3) is 2.82. The topological polar surface area (TPSA) is 42.7 Å². The molecule has 4 nitrogen and oxygen atoms in total. The first kappa shape index (κ1) is 14.2. The van der Waals surface area contributed by atoms with Crippen LogP contribution in [-0.2, 0) is 6.54 Å². The van der Waals surface area contributed by atoms with Gasteiger partial charge in [-0.15, -0.1) is 0 Å². The van der Waals surface area contributed by atoms with Gasteiger partial charge in [0.05, 0.1) is 15.6 Å². The molecule has 0 fully saturated rings. The summed E-state index contributed by atoms with van der Waals surface area (Å²) in [5, 5.41) is 5.69. The van der Waals surface area contributed by atoms with Gasteiger partial charge in [0.15, 0.2) is 0 Å². The molecular formula is C15H14Cl2N4. The van der Waals surface area contributed by atoms with E-state index in [4.69, 9.17) is 23.2 Å². The van der Waals surface area contributed by atoms with E-state index >= 15 is 0 Å². The van der Waals surface area contributed by atoms with Crippen LogP contribution in [0.5, 0.6) is 0 Å². The summed E-state index contributed by atoms with van der Waals surface area (Å²) >= 11 is 12.6. The molecule has 3 rings (SSSR count). The van der Waals surface area contributed by atoms with Crippen molar-refractivity contribution in [1.29, 1.82) is 0 Å². The fourth-order valence-electron chi connectivity index (χ4n) is 2.41. The molecule has 0 aliphatic rings. The molecule has 2 aromatic heterocycles. The number of hydrogen-bond acceptors (Lipinski definition) is 3. The number of fused-ring (bicyclic) bond motifs is 1. The number of benzene rings is 1. The van der Waals surface area contributed by atoms with Crippen LogP contribution >= 0.6 is 23.2 Å². The number of hydrogen-bond donors (Lipinski definition) is 1. The van der Waals surface area contributed by atoms with Crippen molar-refractivity contribution < 1.29 is 0 Å². The number of anilines is 1. The second-order valence-electron chi connectivity index (χ2n) is 4.75. The highest BCUT2D eigenvalue weighted by Crippen LogP contribution is 2.32. The average Bonchev–Trinajstić information content (AvgIpc) is 2.83. The highest BCUT2D eigenvalue weighted by Gasteiger charge is 2.11. The van der Waals surface area contributed by atoms with Crippen LogP contribution in [0.2, 0.25) is 10.0 Å². The Morgan fingerprint density at radius 2 is 2.00 bits per heavy atom. The monoisotopic (exact) mass is 320 g/mol. The highest BCUT2D eigenvalue weighted by atomic mass is 35.5. The Morgan fingerprint density at radius 1 is 1.19 bits per heavy atom. The molecule has 1 aromatic carbocycles. The zero-order valence-electron chi connectivity index (χ0n) is 11.5. The second kappa shape index (κ2) is 5.92. The summed E-state index contributed by atoms with van der Waals surface area (Å²) in [5.41, 5.74) is 2.11. The molecule has 0 saturated carbocycles. The van der Waals surface area contributed by atoms with Crippen LogP contribution in [0.15, 0.2) is 36.8 Å². The minimum atomic E-state index is 0.713. The van der Waals surface area contributed by atoms with Crippen molar-refractivity contribution in [1.82, 2.24) is 14.5 Å². The first-order valence-corrected chi connectivity index (χ1v) is 7.36. The van der Waals surface area contributed by atoms with Crippen LogP contribution in [0, 0.1) is 6.92 Å². The summed E-state index contributed by atoms with van der Waals surface area (Å²) in [6.07, 6.45) is 3.23. The molecular weight excluding hydrogens is 307 g/mol. The molecule has 0 radical (unpaired) electrons. The van der Waals surface area contributed by atoms with Crippen LogP contribution in [0.3, 0.4) is 0 Å². The number of halogens is 2. The minimum absolute atomic E-state index is 0.713. The predicted molar refractivity (Wildman–Crippen MR) is 87.2 cm³/mol. The molecule has 0 atom stereocenters. The Morgan fingerprint density at radius 3 is 2.76 bits per heavy atom. The van der Waals surface area contributed by atoms with Gasteiger partial charge in [-0.25, -0.2) is 9.97 Å². The van der Waals surface area contributed by atoms with Gasteiger partial charge in [0.1, 0.15) is 12.1 Å². The van der Waals surface area contributed by atoms with Crippen molar-refractivity contribution in [3.8, 4) is 0 Å². The zero-order valence-corrected chi connectivity index (χ0v) is 13.0. The number of aryl methyl sites for hydroxylation is 1. The number of rotatable bonds is 4. The van der Waals surface area contributed by atoms with Crippen LogP contribution in [-0.4, -0.2) is 21.1 Å². The molecule has 0 bridgehead atoms. The van der Waals surface area contributed by atoms with Gasteiger partial charge in [-0.1, -0.05) is 23.2 Å². The van der Waals surface area contributed by atoms with Gasteiger partial charge in [-0.2, -0.15) is 0 Å². The van der Waals surface area contributed by atoms with Gasteiger partial charge in [0.25, 0.3) is 0 Å². The summed E-state index contributed by atoms with van der Waals surface area (Å²) in [5.74, 6) is 0.809. The molecule has 3 aromatic rings. The average molecular weight is 321 g/mol. The van der Waals surface area contributed by atoms with Gasteiger partial charge in [0.2, 0.25) is 0 Å². The van der Waals surface area contributed by atoms with Crippen molar-refractivity contribution in [3.63, 3.8) is 0 Å². The first-order chi connectivity index (χ1) is 10.2. The third-order valence-corrected chi connectivity index (χ3v) is 4.02. The van der Waals surface area contributed by atoms with Crippen molar-refractivity contribution in [3.05, 3.63) is 52.5 Å². The second-order valence-corrected chi connectivity index (χ2v) is 5.56. The summed E-state index contributed by atoms with van der Waals surface area (Å²) in [4.78, 5) is 8.03. The standard InChI is InChI=1S/C15H14Cl2N4/c1-10-8-11-12(16)2-3-13(17)15(11)21(10)7-6-19-14-4-5-18-9-20-14/h2-5,8-9H,6-7H2,1H3,(H,18,19,20). The van der Waals surface area contributed by atoms with Crippen molar-refractivity contribution >= 4 is 39.9 Å². The first-order valence-electron chi connectivity index (χ1n) is 6.60. The van der Waals surface area contributed by atoms with E-state index < -0.39 is 0 Å². The van der Waals surface area contributed by atoms with E-state index in [-0.39, 0.29) is 0 Å². The van der Waals surface area contributed by atoms with Gasteiger partial charge in [0, 0.05) is 30.4 Å². The summed E-state index contributed by atoms with van der Waals surface area (Å²) in [6, 6.07) is 7.56. The Bertz CT molecular complexity index is 768. The molecule has 0 unspecified atom stereocenters. The molecule has 21 heavy (non-hydrogen) atoms. The lowest BCUT2D eigenvalue weighted by Gasteiger charge is -2.11. The Hall–Kier alpha value is -1.78. The smallest absolute Gasteiger partial charge is 0.129 e. The lowest BCUT2D eigenvalue weighted by atomic mass is 10.2. The quantitative estimate of drug-likeness (QED) is 0.785. The van der Waals surface area contributed by atoms with Gasteiger partial charge >= 0.3 is 0 Å². The molecule has 108 valence electrons. The molecule has 0 amide bonds. The van der Waals surface area contributed by atoms with E-state index in [1.165, 1.54) is 6.33 Å². The van der Waals surface area contributed by atoms with E-state index in [1.54, 1.807) is 6.20 Å². The Labute approximate surface area is 132 Å². The highest BCUT2D eigenvalue weighted by molar-refractivity contribution is 6.40. The lowest BCUT2D eigenvalue weighted by molar-refractivity contribution is 0.733. The minimum Gasteiger partial charge on any atom is -0.368 e. The summed E-state index contributed by atoms with van der Waals surface area (Å²) in [7, 11) is 0. The zero-order chi connectivity index (χ0) is 14.8. The van der Waals surface area contributed by atoms with Gasteiger partial charge in [-0.3, -0.25) is 0 Å².